The molecule has 2 aromatic rings. The number of carbonyl (C=O) groups excluding carboxylic acids is 1. The van der Waals surface area contributed by atoms with Crippen molar-refractivity contribution in [1.29, 1.82) is 0 Å². The van der Waals surface area contributed by atoms with E-state index in [1.807, 2.05) is 49.4 Å². The number of esters is 1. The van der Waals surface area contributed by atoms with Crippen LogP contribution in [0, 0.1) is 0 Å². The molecule has 4 nitrogen and oxygen atoms in total. The first-order valence-electron chi connectivity index (χ1n) is 7.31. The Bertz CT molecular complexity index is 563. The standard InChI is InChI=1S/C18H20O4/c1-2-20-12-13-21-18(19)16-10-8-15(9-11-16)14-22-17-6-4-3-5-7-17/h3-11H,2,12-14H2,1H3. The van der Waals surface area contributed by atoms with Gasteiger partial charge < -0.3 is 14.2 Å². The molecule has 0 aromatic heterocycles. The zero-order chi connectivity index (χ0) is 15.6. The summed E-state index contributed by atoms with van der Waals surface area (Å²) >= 11 is 0. The van der Waals surface area contributed by atoms with Crippen LogP contribution in [-0.2, 0) is 16.1 Å². The number of hydrogen-bond donors (Lipinski definition) is 0. The lowest BCUT2D eigenvalue weighted by atomic mass is 10.1. The van der Waals surface area contributed by atoms with Crippen LogP contribution in [0.3, 0.4) is 0 Å². The number of benzene rings is 2. The minimum Gasteiger partial charge on any atom is -0.489 e. The largest absolute Gasteiger partial charge is 0.489 e. The summed E-state index contributed by atoms with van der Waals surface area (Å²) in [4.78, 5) is 11.8. The monoisotopic (exact) mass is 300 g/mol. The highest BCUT2D eigenvalue weighted by atomic mass is 16.6. The Morgan fingerprint density at radius 3 is 2.36 bits per heavy atom. The Morgan fingerprint density at radius 2 is 1.68 bits per heavy atom. The number of carbonyl (C=O) groups is 1. The molecule has 2 rings (SSSR count). The molecule has 0 N–H and O–H groups in total. The third kappa shape index (κ3) is 5.22. The summed E-state index contributed by atoms with van der Waals surface area (Å²) in [5.74, 6) is 0.483. The maximum Gasteiger partial charge on any atom is 0.338 e. The van der Waals surface area contributed by atoms with Crippen molar-refractivity contribution < 1.29 is 19.0 Å². The van der Waals surface area contributed by atoms with Crippen LogP contribution in [0.5, 0.6) is 5.75 Å². The van der Waals surface area contributed by atoms with Crippen molar-refractivity contribution in [1.82, 2.24) is 0 Å². The summed E-state index contributed by atoms with van der Waals surface area (Å²) in [6.07, 6.45) is 0. The van der Waals surface area contributed by atoms with Crippen molar-refractivity contribution in [2.24, 2.45) is 0 Å². The van der Waals surface area contributed by atoms with Gasteiger partial charge in [-0.15, -0.1) is 0 Å². The van der Waals surface area contributed by atoms with Gasteiger partial charge in [0.1, 0.15) is 19.0 Å². The van der Waals surface area contributed by atoms with Crippen molar-refractivity contribution in [3.63, 3.8) is 0 Å². The Balaban J connectivity index is 1.81. The van der Waals surface area contributed by atoms with Gasteiger partial charge in [-0.2, -0.15) is 0 Å². The van der Waals surface area contributed by atoms with Gasteiger partial charge in [-0.3, -0.25) is 0 Å². The first-order valence-corrected chi connectivity index (χ1v) is 7.31. The molecule has 0 spiro atoms. The lowest BCUT2D eigenvalue weighted by Crippen LogP contribution is -2.10. The van der Waals surface area contributed by atoms with Crippen LogP contribution in [0.15, 0.2) is 54.6 Å². The maximum atomic E-state index is 11.8. The van der Waals surface area contributed by atoms with E-state index in [4.69, 9.17) is 14.2 Å². The fourth-order valence-corrected chi connectivity index (χ4v) is 1.84. The normalized spacial score (nSPS) is 10.2. The molecule has 0 radical (unpaired) electrons. The number of para-hydroxylation sites is 1. The third-order valence-corrected chi connectivity index (χ3v) is 3.00. The second-order valence-electron chi connectivity index (χ2n) is 4.63. The van der Waals surface area contributed by atoms with Crippen LogP contribution < -0.4 is 4.74 Å². The summed E-state index contributed by atoms with van der Waals surface area (Å²) in [7, 11) is 0. The van der Waals surface area contributed by atoms with Gasteiger partial charge in [-0.25, -0.2) is 4.79 Å². The molecular weight excluding hydrogens is 280 g/mol. The predicted molar refractivity (Wildman–Crippen MR) is 84.0 cm³/mol. The molecule has 0 fully saturated rings. The molecule has 116 valence electrons. The first-order chi connectivity index (χ1) is 10.8. The Hall–Kier alpha value is -2.33. The van der Waals surface area contributed by atoms with Crippen LogP contribution in [-0.4, -0.2) is 25.8 Å². The van der Waals surface area contributed by atoms with Crippen molar-refractivity contribution in [3.05, 3.63) is 65.7 Å². The van der Waals surface area contributed by atoms with Crippen LogP contribution in [0.1, 0.15) is 22.8 Å². The maximum absolute atomic E-state index is 11.8. The summed E-state index contributed by atoms with van der Waals surface area (Å²) in [5, 5.41) is 0. The lowest BCUT2D eigenvalue weighted by Gasteiger charge is -2.07. The van der Waals surface area contributed by atoms with Gasteiger partial charge in [0.15, 0.2) is 0 Å². The van der Waals surface area contributed by atoms with E-state index in [1.165, 1.54) is 0 Å². The number of ether oxygens (including phenoxy) is 3. The molecule has 0 amide bonds. The molecule has 0 aliphatic rings. The summed E-state index contributed by atoms with van der Waals surface area (Å²) in [5.41, 5.74) is 1.52. The van der Waals surface area contributed by atoms with E-state index in [0.717, 1.165) is 11.3 Å². The lowest BCUT2D eigenvalue weighted by molar-refractivity contribution is 0.0335. The van der Waals surface area contributed by atoms with Crippen molar-refractivity contribution >= 4 is 5.97 Å². The minimum atomic E-state index is -0.338. The van der Waals surface area contributed by atoms with E-state index in [9.17, 15) is 4.79 Å². The van der Waals surface area contributed by atoms with Crippen molar-refractivity contribution in [2.45, 2.75) is 13.5 Å². The number of hydrogen-bond acceptors (Lipinski definition) is 4. The zero-order valence-electron chi connectivity index (χ0n) is 12.7. The molecule has 0 heterocycles. The fourth-order valence-electron chi connectivity index (χ4n) is 1.84. The summed E-state index contributed by atoms with van der Waals surface area (Å²) in [6, 6.07) is 16.8. The van der Waals surface area contributed by atoms with E-state index >= 15 is 0 Å². The van der Waals surface area contributed by atoms with Gasteiger partial charge in [0.2, 0.25) is 0 Å². The molecule has 0 aliphatic heterocycles. The molecule has 0 saturated carbocycles. The molecule has 2 aromatic carbocycles. The van der Waals surface area contributed by atoms with Crippen molar-refractivity contribution in [2.75, 3.05) is 19.8 Å². The molecule has 0 atom stereocenters. The summed E-state index contributed by atoms with van der Waals surface area (Å²) < 4.78 is 15.9. The smallest absolute Gasteiger partial charge is 0.338 e. The van der Waals surface area contributed by atoms with Gasteiger partial charge in [-0.05, 0) is 36.8 Å². The van der Waals surface area contributed by atoms with Crippen LogP contribution in [0.2, 0.25) is 0 Å². The zero-order valence-corrected chi connectivity index (χ0v) is 12.7. The van der Waals surface area contributed by atoms with E-state index in [1.54, 1.807) is 12.1 Å². The fraction of sp³-hybridized carbons (Fsp3) is 0.278. The predicted octanol–water partition coefficient (Wildman–Crippen LogP) is 3.46. The van der Waals surface area contributed by atoms with Gasteiger partial charge in [0, 0.05) is 6.61 Å². The first kappa shape index (κ1) is 16.0. The van der Waals surface area contributed by atoms with E-state index < -0.39 is 0 Å². The van der Waals surface area contributed by atoms with E-state index in [0.29, 0.717) is 25.4 Å². The second kappa shape index (κ2) is 8.85. The van der Waals surface area contributed by atoms with Gasteiger partial charge in [0.25, 0.3) is 0 Å². The van der Waals surface area contributed by atoms with Crippen molar-refractivity contribution in [3.8, 4) is 5.75 Å². The molecule has 22 heavy (non-hydrogen) atoms. The third-order valence-electron chi connectivity index (χ3n) is 3.00. The average molecular weight is 300 g/mol. The molecular formula is C18H20O4. The molecule has 0 unspecified atom stereocenters. The van der Waals surface area contributed by atoms with Crippen LogP contribution >= 0.6 is 0 Å². The highest BCUT2D eigenvalue weighted by molar-refractivity contribution is 5.89. The Labute approximate surface area is 130 Å². The topological polar surface area (TPSA) is 44.8 Å². The van der Waals surface area contributed by atoms with Crippen LogP contribution in [0.4, 0.5) is 0 Å². The molecule has 0 bridgehead atoms. The molecule has 4 heteroatoms. The van der Waals surface area contributed by atoms with Gasteiger partial charge in [0.05, 0.1) is 12.2 Å². The number of rotatable bonds is 8. The van der Waals surface area contributed by atoms with Gasteiger partial charge in [-0.1, -0.05) is 30.3 Å². The van der Waals surface area contributed by atoms with E-state index in [2.05, 4.69) is 0 Å². The van der Waals surface area contributed by atoms with Gasteiger partial charge >= 0.3 is 5.97 Å². The molecule has 0 aliphatic carbocycles. The summed E-state index contributed by atoms with van der Waals surface area (Å²) in [6.45, 7) is 3.67. The second-order valence-corrected chi connectivity index (χ2v) is 4.63. The Kier molecular flexibility index (Phi) is 6.45. The molecule has 0 saturated heterocycles. The van der Waals surface area contributed by atoms with E-state index in [-0.39, 0.29) is 12.6 Å². The SMILES string of the molecule is CCOCCOC(=O)c1ccc(COc2ccccc2)cc1. The minimum absolute atomic E-state index is 0.269. The highest BCUT2D eigenvalue weighted by Gasteiger charge is 2.06. The average Bonchev–Trinajstić information content (AvgIpc) is 2.58. The van der Waals surface area contributed by atoms with Crippen LogP contribution in [0.25, 0.3) is 0 Å². The highest BCUT2D eigenvalue weighted by Crippen LogP contribution is 2.12. The Morgan fingerprint density at radius 1 is 0.955 bits per heavy atom. The quantitative estimate of drug-likeness (QED) is 0.553.